The smallest absolute Gasteiger partial charge is 0.0429 e. The fourth-order valence-electron chi connectivity index (χ4n) is 2.18. The largest absolute Gasteiger partial charge is 0.321 e. The predicted octanol–water partition coefficient (Wildman–Crippen LogP) is 3.87. The van der Waals surface area contributed by atoms with Crippen molar-refractivity contribution < 1.29 is 0 Å². The van der Waals surface area contributed by atoms with Crippen LogP contribution in [0.1, 0.15) is 38.2 Å². The van der Waals surface area contributed by atoms with E-state index in [1.54, 1.807) is 11.3 Å². The van der Waals surface area contributed by atoms with Crippen LogP contribution in [0.4, 0.5) is 0 Å². The Morgan fingerprint density at radius 3 is 2.57 bits per heavy atom. The molecule has 1 saturated carbocycles. The molecule has 2 N–H and O–H groups in total. The first-order chi connectivity index (χ1) is 6.62. The van der Waals surface area contributed by atoms with E-state index in [0.29, 0.717) is 0 Å². The zero-order valence-corrected chi connectivity index (χ0v) is 10.8. The van der Waals surface area contributed by atoms with Crippen molar-refractivity contribution in [1.29, 1.82) is 0 Å². The lowest BCUT2D eigenvalue weighted by atomic mass is 9.75. The third kappa shape index (κ3) is 1.90. The highest BCUT2D eigenvalue weighted by Gasteiger charge is 2.33. The van der Waals surface area contributed by atoms with E-state index >= 15 is 0 Å². The molecule has 1 aromatic heterocycles. The van der Waals surface area contributed by atoms with E-state index in [0.717, 1.165) is 18.8 Å². The average molecular weight is 274 g/mol. The van der Waals surface area contributed by atoms with Gasteiger partial charge in [-0.1, -0.05) is 6.92 Å². The van der Waals surface area contributed by atoms with E-state index in [-0.39, 0.29) is 5.54 Å². The Kier molecular flexibility index (Phi) is 3.01. The van der Waals surface area contributed by atoms with Gasteiger partial charge < -0.3 is 5.73 Å². The van der Waals surface area contributed by atoms with Gasteiger partial charge in [-0.25, -0.2) is 0 Å². The molecular weight excluding hydrogens is 258 g/mol. The highest BCUT2D eigenvalue weighted by atomic mass is 79.9. The minimum atomic E-state index is -0.0641. The van der Waals surface area contributed by atoms with Crippen molar-refractivity contribution in [1.82, 2.24) is 0 Å². The molecule has 0 aromatic carbocycles. The van der Waals surface area contributed by atoms with Crippen LogP contribution in [0.3, 0.4) is 0 Å². The zero-order chi connectivity index (χ0) is 10.2. The van der Waals surface area contributed by atoms with Gasteiger partial charge in [0.15, 0.2) is 0 Å². The minimum absolute atomic E-state index is 0.0641. The molecule has 78 valence electrons. The van der Waals surface area contributed by atoms with Crippen molar-refractivity contribution in [3.63, 3.8) is 0 Å². The molecule has 3 heteroatoms. The summed E-state index contributed by atoms with van der Waals surface area (Å²) in [4.78, 5) is 0. The molecule has 0 bridgehead atoms. The zero-order valence-electron chi connectivity index (χ0n) is 8.42. The van der Waals surface area contributed by atoms with Gasteiger partial charge in [-0.05, 0) is 58.5 Å². The van der Waals surface area contributed by atoms with Crippen molar-refractivity contribution in [2.24, 2.45) is 11.7 Å². The summed E-state index contributed by atoms with van der Waals surface area (Å²) < 4.78 is 1.19. The molecule has 0 saturated heterocycles. The van der Waals surface area contributed by atoms with Crippen LogP contribution in [0.25, 0.3) is 0 Å². The Bertz CT molecular complexity index is 313. The monoisotopic (exact) mass is 273 g/mol. The summed E-state index contributed by atoms with van der Waals surface area (Å²) in [5.41, 5.74) is 7.71. The van der Waals surface area contributed by atoms with Crippen LogP contribution >= 0.6 is 27.3 Å². The second-order valence-corrected chi connectivity index (χ2v) is 6.07. The van der Waals surface area contributed by atoms with Gasteiger partial charge in [0.05, 0.1) is 0 Å². The first kappa shape index (κ1) is 10.7. The lowest BCUT2D eigenvalue weighted by Gasteiger charge is -2.36. The van der Waals surface area contributed by atoms with Crippen molar-refractivity contribution in [3.8, 4) is 0 Å². The van der Waals surface area contributed by atoms with Gasteiger partial charge in [0.25, 0.3) is 0 Å². The molecule has 0 aliphatic heterocycles. The molecule has 1 aliphatic rings. The lowest BCUT2D eigenvalue weighted by molar-refractivity contribution is 0.247. The SMILES string of the molecule is CC1CCC(N)(c2cscc2Br)CC1. The summed E-state index contributed by atoms with van der Waals surface area (Å²) in [6, 6.07) is 0. The molecule has 0 radical (unpaired) electrons. The first-order valence-corrected chi connectivity index (χ1v) is 6.86. The summed E-state index contributed by atoms with van der Waals surface area (Å²) in [7, 11) is 0. The molecule has 1 heterocycles. The summed E-state index contributed by atoms with van der Waals surface area (Å²) in [5.74, 6) is 0.851. The van der Waals surface area contributed by atoms with Gasteiger partial charge in [0.2, 0.25) is 0 Å². The quantitative estimate of drug-likeness (QED) is 0.826. The van der Waals surface area contributed by atoms with Gasteiger partial charge in [-0.2, -0.15) is 11.3 Å². The molecule has 0 atom stereocenters. The van der Waals surface area contributed by atoms with Crippen molar-refractivity contribution in [3.05, 3.63) is 20.8 Å². The molecule has 14 heavy (non-hydrogen) atoms. The maximum absolute atomic E-state index is 6.46. The third-order valence-electron chi connectivity index (χ3n) is 3.32. The van der Waals surface area contributed by atoms with E-state index in [2.05, 4.69) is 33.6 Å². The number of nitrogens with two attached hydrogens (primary N) is 1. The van der Waals surface area contributed by atoms with E-state index < -0.39 is 0 Å². The number of hydrogen-bond donors (Lipinski definition) is 1. The second kappa shape index (κ2) is 3.95. The van der Waals surface area contributed by atoms with Crippen molar-refractivity contribution in [2.45, 2.75) is 38.1 Å². The van der Waals surface area contributed by atoms with Gasteiger partial charge in [-0.15, -0.1) is 0 Å². The number of halogens is 1. The minimum Gasteiger partial charge on any atom is -0.321 e. The molecule has 0 amide bonds. The highest BCUT2D eigenvalue weighted by molar-refractivity contribution is 9.10. The summed E-state index contributed by atoms with van der Waals surface area (Å²) in [5, 5.41) is 4.32. The maximum Gasteiger partial charge on any atom is 0.0429 e. The predicted molar refractivity (Wildman–Crippen MR) is 65.5 cm³/mol. The summed E-state index contributed by atoms with van der Waals surface area (Å²) in [6.07, 6.45) is 4.78. The van der Waals surface area contributed by atoms with Crippen LogP contribution in [-0.2, 0) is 5.54 Å². The van der Waals surface area contributed by atoms with Gasteiger partial charge in [0, 0.05) is 15.4 Å². The number of hydrogen-bond acceptors (Lipinski definition) is 2. The number of rotatable bonds is 1. The van der Waals surface area contributed by atoms with E-state index in [4.69, 9.17) is 5.73 Å². The van der Waals surface area contributed by atoms with Crippen LogP contribution in [0.2, 0.25) is 0 Å². The highest BCUT2D eigenvalue weighted by Crippen LogP contribution is 2.41. The Hall–Kier alpha value is 0.140. The Balaban J connectivity index is 2.21. The van der Waals surface area contributed by atoms with Gasteiger partial charge in [-0.3, -0.25) is 0 Å². The summed E-state index contributed by atoms with van der Waals surface area (Å²) in [6.45, 7) is 2.32. The lowest BCUT2D eigenvalue weighted by Crippen LogP contribution is -2.40. The fourth-order valence-corrected chi connectivity index (χ4v) is 3.98. The topological polar surface area (TPSA) is 26.0 Å². The van der Waals surface area contributed by atoms with E-state index in [1.165, 1.54) is 22.9 Å². The Labute approximate surface area is 97.8 Å². The summed E-state index contributed by atoms with van der Waals surface area (Å²) >= 11 is 5.31. The molecular formula is C11H16BrNS. The second-order valence-electron chi connectivity index (χ2n) is 4.47. The molecule has 0 spiro atoms. The van der Waals surface area contributed by atoms with Crippen LogP contribution in [-0.4, -0.2) is 0 Å². The standard InChI is InChI=1S/C11H16BrNS/c1-8-2-4-11(13,5-3-8)9-6-14-7-10(9)12/h6-8H,2-5,13H2,1H3. The molecule has 1 nitrogen and oxygen atoms in total. The number of thiophene rings is 1. The molecule has 1 aromatic rings. The van der Waals surface area contributed by atoms with Crippen LogP contribution < -0.4 is 5.73 Å². The normalized spacial score (nSPS) is 33.2. The first-order valence-electron chi connectivity index (χ1n) is 5.13. The Morgan fingerprint density at radius 2 is 2.07 bits per heavy atom. The molecule has 2 rings (SSSR count). The van der Waals surface area contributed by atoms with Crippen molar-refractivity contribution >= 4 is 27.3 Å². The molecule has 0 unspecified atom stereocenters. The van der Waals surface area contributed by atoms with Crippen LogP contribution in [0.15, 0.2) is 15.2 Å². The van der Waals surface area contributed by atoms with Crippen molar-refractivity contribution in [2.75, 3.05) is 0 Å². The van der Waals surface area contributed by atoms with E-state index in [1.807, 2.05) is 0 Å². The Morgan fingerprint density at radius 1 is 1.43 bits per heavy atom. The van der Waals surface area contributed by atoms with Gasteiger partial charge >= 0.3 is 0 Å². The third-order valence-corrected chi connectivity index (χ3v) is 5.02. The maximum atomic E-state index is 6.46. The van der Waals surface area contributed by atoms with Gasteiger partial charge in [0.1, 0.15) is 0 Å². The molecule has 1 fully saturated rings. The van der Waals surface area contributed by atoms with Crippen LogP contribution in [0.5, 0.6) is 0 Å². The van der Waals surface area contributed by atoms with E-state index in [9.17, 15) is 0 Å². The van der Waals surface area contributed by atoms with Crippen LogP contribution in [0, 0.1) is 5.92 Å². The molecule has 1 aliphatic carbocycles. The fraction of sp³-hybridized carbons (Fsp3) is 0.636. The average Bonchev–Trinajstić information content (AvgIpc) is 2.58.